The van der Waals surface area contributed by atoms with E-state index in [4.69, 9.17) is 9.53 Å². The molecule has 0 aromatic rings. The van der Waals surface area contributed by atoms with Gasteiger partial charge in [0.15, 0.2) is 0 Å². The van der Waals surface area contributed by atoms with E-state index in [1.807, 2.05) is 13.8 Å². The van der Waals surface area contributed by atoms with Crippen LogP contribution >= 0.6 is 11.6 Å². The third-order valence-electron chi connectivity index (χ3n) is 0.471. The summed E-state index contributed by atoms with van der Waals surface area (Å²) in [6.45, 7) is 4.00. The van der Waals surface area contributed by atoms with Crippen LogP contribution in [0.5, 0.6) is 0 Å². The third-order valence-corrected chi connectivity index (χ3v) is 0.471. The van der Waals surface area contributed by atoms with E-state index in [1.165, 1.54) is 0 Å². The maximum Gasteiger partial charge on any atom is 0.208 e. The number of carbonyl (C=O) groups excluding carboxylic acids is 1. The summed E-state index contributed by atoms with van der Waals surface area (Å²) < 4.78 is 4.75. The summed E-state index contributed by atoms with van der Waals surface area (Å²) in [4.78, 5) is 8.57. The Kier molecular flexibility index (Phi) is 13.6. The van der Waals surface area contributed by atoms with E-state index in [9.17, 15) is 0 Å². The highest BCUT2D eigenvalue weighted by molar-refractivity contribution is 6.54. The molecule has 0 aliphatic heterocycles. The fraction of sp³-hybridized carbons (Fsp3) is 0.800. The average Bonchev–Trinajstić information content (AvgIpc) is 1.69. The van der Waals surface area contributed by atoms with Gasteiger partial charge in [-0.3, -0.25) is 4.79 Å². The minimum absolute atomic E-state index is 0.222. The molecule has 0 unspecified atom stereocenters. The summed E-state index contributed by atoms with van der Waals surface area (Å²) in [7, 11) is 1.70. The normalized spacial score (nSPS) is 7.62. The predicted molar refractivity (Wildman–Crippen MR) is 34.7 cm³/mol. The van der Waals surface area contributed by atoms with Crippen LogP contribution in [-0.4, -0.2) is 19.0 Å². The van der Waals surface area contributed by atoms with Crippen molar-refractivity contribution in [3.05, 3.63) is 0 Å². The zero-order valence-electron chi connectivity index (χ0n) is 5.35. The SMILES string of the molecule is COC(C)C.O=CCl. The van der Waals surface area contributed by atoms with Crippen LogP contribution in [0.4, 0.5) is 0 Å². The molecule has 0 N–H and O–H groups in total. The Bertz CT molecular complexity index is 45.7. The summed E-state index contributed by atoms with van der Waals surface area (Å²) in [5.41, 5.74) is 0. The molecule has 0 amide bonds. The molecule has 0 spiro atoms. The van der Waals surface area contributed by atoms with Crippen LogP contribution in [0.15, 0.2) is 0 Å². The fourth-order valence-corrected chi connectivity index (χ4v) is 0. The molecular weight excluding hydrogens is 128 g/mol. The molecular formula is C5H11ClO2. The number of hydrogen-bond acceptors (Lipinski definition) is 2. The first-order valence-electron chi connectivity index (χ1n) is 2.25. The first-order chi connectivity index (χ1) is 3.68. The van der Waals surface area contributed by atoms with E-state index in [-0.39, 0.29) is 5.75 Å². The summed E-state index contributed by atoms with van der Waals surface area (Å²) in [6.07, 6.45) is 0.384. The minimum Gasteiger partial charge on any atom is -0.382 e. The van der Waals surface area contributed by atoms with Crippen molar-refractivity contribution < 1.29 is 9.53 Å². The van der Waals surface area contributed by atoms with E-state index in [0.717, 1.165) is 0 Å². The van der Waals surface area contributed by atoms with Gasteiger partial charge in [-0.05, 0) is 25.4 Å². The molecule has 0 aromatic carbocycles. The van der Waals surface area contributed by atoms with Crippen LogP contribution in [0.25, 0.3) is 0 Å². The van der Waals surface area contributed by atoms with E-state index >= 15 is 0 Å². The lowest BCUT2D eigenvalue weighted by Gasteiger charge is -1.94. The van der Waals surface area contributed by atoms with Crippen LogP contribution in [0.2, 0.25) is 0 Å². The molecule has 0 rings (SSSR count). The van der Waals surface area contributed by atoms with Crippen molar-refractivity contribution in [2.75, 3.05) is 7.11 Å². The van der Waals surface area contributed by atoms with Gasteiger partial charge in [0, 0.05) is 7.11 Å². The lowest BCUT2D eigenvalue weighted by atomic mass is 10.5. The summed E-state index contributed by atoms with van der Waals surface area (Å²) in [5, 5.41) is 0. The highest BCUT2D eigenvalue weighted by atomic mass is 35.5. The molecule has 0 bridgehead atoms. The molecule has 0 radical (unpaired) electrons. The molecule has 0 aliphatic carbocycles. The molecule has 0 saturated heterocycles. The molecule has 0 aromatic heterocycles. The molecule has 2 nitrogen and oxygen atoms in total. The number of rotatable bonds is 1. The van der Waals surface area contributed by atoms with Crippen molar-refractivity contribution in [1.82, 2.24) is 0 Å². The van der Waals surface area contributed by atoms with E-state index in [1.54, 1.807) is 7.11 Å². The van der Waals surface area contributed by atoms with Crippen LogP contribution in [0, 0.1) is 0 Å². The van der Waals surface area contributed by atoms with Gasteiger partial charge in [-0.2, -0.15) is 0 Å². The van der Waals surface area contributed by atoms with Gasteiger partial charge in [0.1, 0.15) is 0 Å². The molecule has 50 valence electrons. The van der Waals surface area contributed by atoms with Gasteiger partial charge in [0.25, 0.3) is 0 Å². The molecule has 0 saturated carbocycles. The standard InChI is InChI=1S/C4H10O.CHClO/c1-4(2)5-3;2-1-3/h4H,1-3H3;1H. The number of halogens is 1. The molecule has 0 fully saturated rings. The minimum atomic E-state index is 0.222. The van der Waals surface area contributed by atoms with Crippen molar-refractivity contribution in [1.29, 1.82) is 0 Å². The average molecular weight is 139 g/mol. The molecule has 0 aliphatic rings. The van der Waals surface area contributed by atoms with E-state index < -0.39 is 0 Å². The van der Waals surface area contributed by atoms with E-state index in [0.29, 0.717) is 6.10 Å². The van der Waals surface area contributed by atoms with Crippen molar-refractivity contribution in [2.24, 2.45) is 0 Å². The second-order valence-electron chi connectivity index (χ2n) is 1.37. The molecule has 8 heavy (non-hydrogen) atoms. The molecule has 0 atom stereocenters. The Morgan fingerprint density at radius 1 is 1.62 bits per heavy atom. The number of methoxy groups -OCH3 is 1. The van der Waals surface area contributed by atoms with Crippen molar-refractivity contribution in [2.45, 2.75) is 20.0 Å². The van der Waals surface area contributed by atoms with E-state index in [2.05, 4.69) is 11.6 Å². The monoisotopic (exact) mass is 138 g/mol. The Balaban J connectivity index is 0. The zero-order chi connectivity index (χ0) is 6.99. The van der Waals surface area contributed by atoms with Crippen molar-refractivity contribution in [3.63, 3.8) is 0 Å². The van der Waals surface area contributed by atoms with Gasteiger partial charge in [0.05, 0.1) is 6.10 Å². The van der Waals surface area contributed by atoms with Crippen LogP contribution in [0.3, 0.4) is 0 Å². The van der Waals surface area contributed by atoms with Gasteiger partial charge < -0.3 is 4.74 Å². The highest BCUT2D eigenvalue weighted by Gasteiger charge is 1.78. The molecule has 3 heteroatoms. The number of carbonyl (C=O) groups is 1. The lowest BCUT2D eigenvalue weighted by molar-refractivity contribution is 0.134. The molecule has 0 heterocycles. The maximum absolute atomic E-state index is 8.57. The zero-order valence-corrected chi connectivity index (χ0v) is 6.11. The smallest absolute Gasteiger partial charge is 0.208 e. The van der Waals surface area contributed by atoms with Crippen LogP contribution in [0.1, 0.15) is 13.8 Å². The van der Waals surface area contributed by atoms with Gasteiger partial charge in [-0.1, -0.05) is 0 Å². The predicted octanol–water partition coefficient (Wildman–Crippen LogP) is 1.46. The third kappa shape index (κ3) is 38.9. The first-order valence-corrected chi connectivity index (χ1v) is 2.69. The second kappa shape index (κ2) is 10.0. The Morgan fingerprint density at radius 2 is 1.75 bits per heavy atom. The Morgan fingerprint density at radius 3 is 1.75 bits per heavy atom. The van der Waals surface area contributed by atoms with Crippen LogP contribution in [-0.2, 0) is 9.53 Å². The number of ether oxygens (including phenoxy) is 1. The van der Waals surface area contributed by atoms with Crippen molar-refractivity contribution >= 4 is 17.3 Å². The largest absolute Gasteiger partial charge is 0.382 e. The van der Waals surface area contributed by atoms with Gasteiger partial charge in [-0.15, -0.1) is 0 Å². The van der Waals surface area contributed by atoms with Gasteiger partial charge >= 0.3 is 0 Å². The number of hydrogen-bond donors (Lipinski definition) is 0. The van der Waals surface area contributed by atoms with Gasteiger partial charge in [0.2, 0.25) is 5.75 Å². The Hall–Kier alpha value is -0.0800. The van der Waals surface area contributed by atoms with Gasteiger partial charge in [-0.25, -0.2) is 0 Å². The first kappa shape index (κ1) is 10.8. The summed E-state index contributed by atoms with van der Waals surface area (Å²) in [5.74, 6) is 0.222. The quantitative estimate of drug-likeness (QED) is 0.405. The summed E-state index contributed by atoms with van der Waals surface area (Å²) in [6, 6.07) is 0. The maximum atomic E-state index is 8.57. The second-order valence-corrected chi connectivity index (χ2v) is 1.55. The van der Waals surface area contributed by atoms with Crippen molar-refractivity contribution in [3.8, 4) is 0 Å². The van der Waals surface area contributed by atoms with Crippen LogP contribution < -0.4 is 0 Å². The topological polar surface area (TPSA) is 26.3 Å². The lowest BCUT2D eigenvalue weighted by Crippen LogP contribution is -1.94. The summed E-state index contributed by atoms with van der Waals surface area (Å²) >= 11 is 4.32. The Labute approximate surface area is 54.8 Å². The fourth-order valence-electron chi connectivity index (χ4n) is 0. The highest BCUT2D eigenvalue weighted by Crippen LogP contribution is 1.77.